The second-order valence-corrected chi connectivity index (χ2v) is 5.44. The van der Waals surface area contributed by atoms with Crippen molar-refractivity contribution in [2.24, 2.45) is 0 Å². The Morgan fingerprint density at radius 1 is 1.44 bits per heavy atom. The van der Waals surface area contributed by atoms with Crippen LogP contribution in [0.25, 0.3) is 0 Å². The number of aliphatic carboxylic acids is 1. The van der Waals surface area contributed by atoms with Crippen molar-refractivity contribution in [3.8, 4) is 6.07 Å². The van der Waals surface area contributed by atoms with Crippen molar-refractivity contribution in [1.29, 1.82) is 5.26 Å². The molecule has 1 N–H and O–H groups in total. The van der Waals surface area contributed by atoms with Crippen LogP contribution in [0.4, 0.5) is 0 Å². The lowest BCUT2D eigenvalue weighted by Crippen LogP contribution is -2.17. The molecule has 0 amide bonds. The molecule has 0 aromatic heterocycles. The van der Waals surface area contributed by atoms with Crippen LogP contribution < -0.4 is 0 Å². The number of nitriles is 1. The number of carbonyl (C=O) groups is 1. The van der Waals surface area contributed by atoms with Crippen molar-refractivity contribution in [1.82, 2.24) is 0 Å². The Kier molecular flexibility index (Phi) is 6.31. The maximum absolute atomic E-state index is 11.1. The Hall–Kier alpha value is -1.47. The standard InChI is InChI=1S/C14H17NO2S/c1-11-3-5-12(6-4-11)7-8-13(14(16)17)18-10-2-9-15/h3-6,13H,2,7-8,10H2,1H3,(H,16,17). The van der Waals surface area contributed by atoms with E-state index in [0.717, 1.165) is 12.0 Å². The molecule has 0 fully saturated rings. The highest BCUT2D eigenvalue weighted by atomic mass is 32.2. The van der Waals surface area contributed by atoms with E-state index in [1.807, 2.05) is 37.3 Å². The molecule has 18 heavy (non-hydrogen) atoms. The number of carboxylic acids is 1. The summed E-state index contributed by atoms with van der Waals surface area (Å²) in [7, 11) is 0. The fourth-order valence-electron chi connectivity index (χ4n) is 1.58. The average molecular weight is 263 g/mol. The van der Waals surface area contributed by atoms with Crippen LogP contribution in [0.2, 0.25) is 0 Å². The van der Waals surface area contributed by atoms with Gasteiger partial charge in [-0.15, -0.1) is 11.8 Å². The third-order valence-corrected chi connectivity index (χ3v) is 3.90. The van der Waals surface area contributed by atoms with Gasteiger partial charge in [0.25, 0.3) is 0 Å². The van der Waals surface area contributed by atoms with E-state index < -0.39 is 11.2 Å². The largest absolute Gasteiger partial charge is 0.480 e. The molecule has 4 heteroatoms. The summed E-state index contributed by atoms with van der Waals surface area (Å²) in [5.41, 5.74) is 2.37. The summed E-state index contributed by atoms with van der Waals surface area (Å²) in [4.78, 5) is 11.1. The summed E-state index contributed by atoms with van der Waals surface area (Å²) < 4.78 is 0. The van der Waals surface area contributed by atoms with Gasteiger partial charge in [0.05, 0.1) is 6.07 Å². The highest BCUT2D eigenvalue weighted by molar-refractivity contribution is 8.00. The van der Waals surface area contributed by atoms with Crippen molar-refractivity contribution in [3.05, 3.63) is 35.4 Å². The summed E-state index contributed by atoms with van der Waals surface area (Å²) in [6.45, 7) is 2.03. The van der Waals surface area contributed by atoms with Gasteiger partial charge in [0.15, 0.2) is 0 Å². The number of carboxylic acid groups (broad SMARTS) is 1. The number of thioether (sulfide) groups is 1. The van der Waals surface area contributed by atoms with Crippen LogP contribution >= 0.6 is 11.8 Å². The van der Waals surface area contributed by atoms with E-state index in [2.05, 4.69) is 0 Å². The first-order chi connectivity index (χ1) is 8.63. The predicted molar refractivity (Wildman–Crippen MR) is 73.6 cm³/mol. The number of nitrogens with zero attached hydrogens (tertiary/aromatic N) is 1. The zero-order valence-corrected chi connectivity index (χ0v) is 11.2. The van der Waals surface area contributed by atoms with Crippen LogP contribution in [-0.4, -0.2) is 22.1 Å². The van der Waals surface area contributed by atoms with Gasteiger partial charge in [-0.3, -0.25) is 4.79 Å². The molecule has 0 aliphatic rings. The lowest BCUT2D eigenvalue weighted by atomic mass is 10.1. The molecular formula is C14H17NO2S. The van der Waals surface area contributed by atoms with E-state index in [-0.39, 0.29) is 0 Å². The van der Waals surface area contributed by atoms with E-state index >= 15 is 0 Å². The maximum atomic E-state index is 11.1. The second-order valence-electron chi connectivity index (χ2n) is 4.13. The summed E-state index contributed by atoms with van der Waals surface area (Å²) >= 11 is 1.35. The van der Waals surface area contributed by atoms with Crippen LogP contribution in [0.1, 0.15) is 24.0 Å². The van der Waals surface area contributed by atoms with Gasteiger partial charge in [0, 0.05) is 12.2 Å². The molecule has 0 spiro atoms. The van der Waals surface area contributed by atoms with Crippen LogP contribution in [0.15, 0.2) is 24.3 Å². The smallest absolute Gasteiger partial charge is 0.316 e. The minimum atomic E-state index is -0.787. The van der Waals surface area contributed by atoms with Crippen molar-refractivity contribution in [2.75, 3.05) is 5.75 Å². The molecule has 96 valence electrons. The number of rotatable bonds is 7. The molecule has 1 atom stereocenters. The van der Waals surface area contributed by atoms with Crippen molar-refractivity contribution < 1.29 is 9.90 Å². The van der Waals surface area contributed by atoms with Gasteiger partial charge in [0.1, 0.15) is 5.25 Å². The highest BCUT2D eigenvalue weighted by Crippen LogP contribution is 2.18. The molecule has 0 heterocycles. The topological polar surface area (TPSA) is 61.1 Å². The monoisotopic (exact) mass is 263 g/mol. The fraction of sp³-hybridized carbons (Fsp3) is 0.429. The molecule has 0 saturated carbocycles. The normalized spacial score (nSPS) is 11.8. The van der Waals surface area contributed by atoms with Gasteiger partial charge in [-0.05, 0) is 25.3 Å². The number of benzene rings is 1. The number of aryl methyl sites for hydroxylation is 2. The lowest BCUT2D eigenvalue weighted by Gasteiger charge is -2.11. The Labute approximate surface area is 112 Å². The minimum absolute atomic E-state index is 0.402. The van der Waals surface area contributed by atoms with E-state index in [4.69, 9.17) is 10.4 Å². The average Bonchev–Trinajstić information content (AvgIpc) is 2.35. The molecule has 1 aromatic carbocycles. The van der Waals surface area contributed by atoms with Crippen molar-refractivity contribution >= 4 is 17.7 Å². The van der Waals surface area contributed by atoms with Crippen molar-refractivity contribution in [2.45, 2.75) is 31.4 Å². The van der Waals surface area contributed by atoms with Crippen LogP contribution in [-0.2, 0) is 11.2 Å². The van der Waals surface area contributed by atoms with Gasteiger partial charge < -0.3 is 5.11 Å². The van der Waals surface area contributed by atoms with E-state index in [1.54, 1.807) is 0 Å². The lowest BCUT2D eigenvalue weighted by molar-refractivity contribution is -0.136. The van der Waals surface area contributed by atoms with E-state index in [0.29, 0.717) is 18.6 Å². The van der Waals surface area contributed by atoms with E-state index in [9.17, 15) is 4.79 Å². The molecule has 1 unspecified atom stereocenters. The summed E-state index contributed by atoms with van der Waals surface area (Å²) in [5, 5.41) is 17.1. The molecule has 3 nitrogen and oxygen atoms in total. The first-order valence-electron chi connectivity index (χ1n) is 5.90. The van der Waals surface area contributed by atoms with Gasteiger partial charge in [-0.25, -0.2) is 0 Å². The van der Waals surface area contributed by atoms with Crippen molar-refractivity contribution in [3.63, 3.8) is 0 Å². The molecule has 0 bridgehead atoms. The quantitative estimate of drug-likeness (QED) is 0.768. The van der Waals surface area contributed by atoms with Crippen LogP contribution in [0.5, 0.6) is 0 Å². The zero-order valence-electron chi connectivity index (χ0n) is 10.4. The highest BCUT2D eigenvalue weighted by Gasteiger charge is 2.17. The van der Waals surface area contributed by atoms with Crippen LogP contribution in [0.3, 0.4) is 0 Å². The molecular weight excluding hydrogens is 246 g/mol. The Bertz CT molecular complexity index is 422. The Morgan fingerprint density at radius 3 is 2.67 bits per heavy atom. The molecule has 0 saturated heterocycles. The molecule has 0 radical (unpaired) electrons. The first-order valence-corrected chi connectivity index (χ1v) is 6.95. The maximum Gasteiger partial charge on any atom is 0.316 e. The second kappa shape index (κ2) is 7.78. The fourth-order valence-corrected chi connectivity index (χ4v) is 2.50. The Morgan fingerprint density at radius 2 is 2.11 bits per heavy atom. The molecule has 0 aliphatic heterocycles. The van der Waals surface area contributed by atoms with Gasteiger partial charge in [0.2, 0.25) is 0 Å². The molecule has 0 aliphatic carbocycles. The predicted octanol–water partition coefficient (Wildman–Crippen LogP) is 3.03. The zero-order chi connectivity index (χ0) is 13.4. The molecule has 1 aromatic rings. The molecule has 1 rings (SSSR count). The summed E-state index contributed by atoms with van der Waals surface area (Å²) in [6.07, 6.45) is 1.77. The third-order valence-electron chi connectivity index (χ3n) is 2.62. The Balaban J connectivity index is 2.44. The number of hydrogen-bond acceptors (Lipinski definition) is 3. The van der Waals surface area contributed by atoms with E-state index in [1.165, 1.54) is 17.3 Å². The van der Waals surface area contributed by atoms with Crippen LogP contribution in [0, 0.1) is 18.3 Å². The van der Waals surface area contributed by atoms with Gasteiger partial charge >= 0.3 is 5.97 Å². The summed E-state index contributed by atoms with van der Waals surface area (Å²) in [5.74, 6) is -0.202. The number of hydrogen-bond donors (Lipinski definition) is 1. The summed E-state index contributed by atoms with van der Waals surface area (Å²) in [6, 6.07) is 10.2. The minimum Gasteiger partial charge on any atom is -0.480 e. The third kappa shape index (κ3) is 5.24. The van der Waals surface area contributed by atoms with Gasteiger partial charge in [-0.2, -0.15) is 5.26 Å². The first kappa shape index (κ1) is 14.6. The SMILES string of the molecule is Cc1ccc(CCC(SCCC#N)C(=O)O)cc1. The van der Waals surface area contributed by atoms with Gasteiger partial charge in [-0.1, -0.05) is 29.8 Å².